The van der Waals surface area contributed by atoms with Gasteiger partial charge in [0.05, 0.1) is 0 Å². The molecule has 0 spiro atoms. The van der Waals surface area contributed by atoms with E-state index >= 15 is 0 Å². The van der Waals surface area contributed by atoms with E-state index < -0.39 is 0 Å². The molecular formula is C18H20ClNOS2. The first-order chi connectivity index (χ1) is 11.2. The number of halogens is 1. The number of thiophene rings is 1. The van der Waals surface area contributed by atoms with Crippen LogP contribution in [0.25, 0.3) is 0 Å². The van der Waals surface area contributed by atoms with Crippen LogP contribution in [0.15, 0.2) is 41.8 Å². The molecule has 1 atom stereocenters. The van der Waals surface area contributed by atoms with Crippen molar-refractivity contribution in [2.75, 3.05) is 18.8 Å². The molecule has 0 saturated carbocycles. The van der Waals surface area contributed by atoms with Crippen LogP contribution in [-0.4, -0.2) is 29.6 Å². The quantitative estimate of drug-likeness (QED) is 0.756. The minimum atomic E-state index is 0.261. The topological polar surface area (TPSA) is 20.3 Å². The van der Waals surface area contributed by atoms with Crippen molar-refractivity contribution in [1.29, 1.82) is 0 Å². The van der Waals surface area contributed by atoms with Gasteiger partial charge in [-0.25, -0.2) is 0 Å². The zero-order valence-electron chi connectivity index (χ0n) is 12.9. The fourth-order valence-corrected chi connectivity index (χ4v) is 5.27. The highest BCUT2D eigenvalue weighted by Gasteiger charge is 2.22. The predicted octanol–water partition coefficient (Wildman–Crippen LogP) is 5.04. The first kappa shape index (κ1) is 16.9. The molecule has 3 rings (SSSR count). The van der Waals surface area contributed by atoms with Gasteiger partial charge in [0.2, 0.25) is 5.91 Å². The third kappa shape index (κ3) is 4.75. The van der Waals surface area contributed by atoms with Crippen LogP contribution in [0.4, 0.5) is 0 Å². The Labute approximate surface area is 150 Å². The summed E-state index contributed by atoms with van der Waals surface area (Å²) in [5.41, 5.74) is 1.13. The van der Waals surface area contributed by atoms with E-state index in [1.807, 2.05) is 52.3 Å². The lowest BCUT2D eigenvalue weighted by Gasteiger charge is -2.20. The Balaban J connectivity index is 1.52. The minimum Gasteiger partial charge on any atom is -0.342 e. The minimum absolute atomic E-state index is 0.261. The summed E-state index contributed by atoms with van der Waals surface area (Å²) in [4.78, 5) is 16.0. The number of aryl methyl sites for hydroxylation is 1. The van der Waals surface area contributed by atoms with Crippen molar-refractivity contribution >= 4 is 40.6 Å². The van der Waals surface area contributed by atoms with Crippen molar-refractivity contribution in [1.82, 2.24) is 4.90 Å². The van der Waals surface area contributed by atoms with Gasteiger partial charge in [0, 0.05) is 40.4 Å². The molecule has 1 aliphatic heterocycles. The molecule has 23 heavy (non-hydrogen) atoms. The van der Waals surface area contributed by atoms with E-state index in [0.29, 0.717) is 11.7 Å². The molecule has 0 N–H and O–H groups in total. The molecule has 0 aliphatic carbocycles. The van der Waals surface area contributed by atoms with Gasteiger partial charge in [0.15, 0.2) is 0 Å². The van der Waals surface area contributed by atoms with Crippen LogP contribution in [0.1, 0.15) is 28.5 Å². The van der Waals surface area contributed by atoms with E-state index in [-0.39, 0.29) is 5.91 Å². The van der Waals surface area contributed by atoms with Crippen LogP contribution in [-0.2, 0) is 11.2 Å². The number of benzene rings is 1. The summed E-state index contributed by atoms with van der Waals surface area (Å²) < 4.78 is 0. The van der Waals surface area contributed by atoms with Crippen molar-refractivity contribution in [3.05, 3.63) is 57.2 Å². The number of hydrogen-bond acceptors (Lipinski definition) is 3. The number of thioether (sulfide) groups is 1. The van der Waals surface area contributed by atoms with Crippen LogP contribution in [0.3, 0.4) is 0 Å². The molecule has 0 radical (unpaired) electrons. The Hall–Kier alpha value is -0.970. The molecule has 2 aromatic rings. The number of amides is 1. The number of nitrogens with zero attached hydrogens (tertiary/aromatic N) is 1. The van der Waals surface area contributed by atoms with E-state index in [4.69, 9.17) is 11.6 Å². The summed E-state index contributed by atoms with van der Waals surface area (Å²) in [5, 5.41) is 3.41. The molecule has 122 valence electrons. The third-order valence-corrected chi connectivity index (χ3v) is 6.75. The number of rotatable bonds is 4. The molecule has 5 heteroatoms. The molecule has 1 aliphatic rings. The Morgan fingerprint density at radius 2 is 2.17 bits per heavy atom. The van der Waals surface area contributed by atoms with Crippen LogP contribution >= 0.6 is 34.7 Å². The lowest BCUT2D eigenvalue weighted by molar-refractivity contribution is -0.130. The Morgan fingerprint density at radius 3 is 2.96 bits per heavy atom. The molecular weight excluding hydrogens is 346 g/mol. The lowest BCUT2D eigenvalue weighted by Crippen LogP contribution is -2.33. The number of carbonyl (C=O) groups excluding carboxylic acids is 1. The molecule has 1 fully saturated rings. The molecule has 2 nitrogen and oxygen atoms in total. The third-order valence-electron chi connectivity index (χ3n) is 4.07. The summed E-state index contributed by atoms with van der Waals surface area (Å²) >= 11 is 9.80. The number of carbonyl (C=O) groups is 1. The van der Waals surface area contributed by atoms with E-state index in [2.05, 4.69) is 17.5 Å². The van der Waals surface area contributed by atoms with Gasteiger partial charge in [-0.2, -0.15) is 11.8 Å². The monoisotopic (exact) mass is 365 g/mol. The van der Waals surface area contributed by atoms with Gasteiger partial charge in [-0.15, -0.1) is 11.3 Å². The van der Waals surface area contributed by atoms with Crippen molar-refractivity contribution < 1.29 is 4.79 Å². The maximum atomic E-state index is 12.5. The Kier molecular flexibility index (Phi) is 6.03. The number of hydrogen-bond donors (Lipinski definition) is 0. The lowest BCUT2D eigenvalue weighted by atomic mass is 10.1. The maximum Gasteiger partial charge on any atom is 0.222 e. The predicted molar refractivity (Wildman–Crippen MR) is 100 cm³/mol. The molecule has 1 amide bonds. The molecule has 1 saturated heterocycles. The zero-order chi connectivity index (χ0) is 16.1. The van der Waals surface area contributed by atoms with Crippen molar-refractivity contribution in [3.8, 4) is 0 Å². The molecule has 2 heterocycles. The smallest absolute Gasteiger partial charge is 0.222 e. The van der Waals surface area contributed by atoms with Crippen LogP contribution < -0.4 is 0 Å². The highest BCUT2D eigenvalue weighted by molar-refractivity contribution is 7.99. The Bertz CT molecular complexity index is 644. The van der Waals surface area contributed by atoms with Crippen molar-refractivity contribution in [2.45, 2.75) is 24.5 Å². The molecule has 0 bridgehead atoms. The van der Waals surface area contributed by atoms with E-state index in [1.54, 1.807) is 0 Å². The van der Waals surface area contributed by atoms with Gasteiger partial charge in [-0.05, 0) is 42.0 Å². The Morgan fingerprint density at radius 1 is 1.26 bits per heavy atom. The van der Waals surface area contributed by atoms with Gasteiger partial charge in [-0.3, -0.25) is 4.79 Å². The van der Waals surface area contributed by atoms with Crippen LogP contribution in [0, 0.1) is 0 Å². The second-order valence-electron chi connectivity index (χ2n) is 5.67. The molecule has 1 unspecified atom stereocenters. The molecule has 1 aromatic carbocycles. The highest BCUT2D eigenvalue weighted by Crippen LogP contribution is 2.36. The van der Waals surface area contributed by atoms with Gasteiger partial charge < -0.3 is 4.90 Å². The first-order valence-corrected chi connectivity index (χ1v) is 10.2. The maximum absolute atomic E-state index is 12.5. The summed E-state index contributed by atoms with van der Waals surface area (Å²) in [7, 11) is 0. The first-order valence-electron chi connectivity index (χ1n) is 7.89. The average molecular weight is 366 g/mol. The van der Waals surface area contributed by atoms with Gasteiger partial charge >= 0.3 is 0 Å². The van der Waals surface area contributed by atoms with Crippen LogP contribution in [0.2, 0.25) is 5.02 Å². The largest absolute Gasteiger partial charge is 0.342 e. The van der Waals surface area contributed by atoms with E-state index in [9.17, 15) is 4.79 Å². The van der Waals surface area contributed by atoms with Gasteiger partial charge in [0.25, 0.3) is 0 Å². The SMILES string of the molecule is O=C(CCc1cccc(Cl)c1)N1CCSC(c2cccs2)CC1. The summed E-state index contributed by atoms with van der Waals surface area (Å²) in [6.45, 7) is 1.73. The van der Waals surface area contributed by atoms with E-state index in [1.165, 1.54) is 4.88 Å². The zero-order valence-corrected chi connectivity index (χ0v) is 15.3. The van der Waals surface area contributed by atoms with Gasteiger partial charge in [0.1, 0.15) is 0 Å². The second kappa shape index (κ2) is 8.22. The normalized spacial score (nSPS) is 18.7. The summed E-state index contributed by atoms with van der Waals surface area (Å²) in [6, 6.07) is 12.1. The van der Waals surface area contributed by atoms with E-state index in [0.717, 1.165) is 42.3 Å². The second-order valence-corrected chi connectivity index (χ2v) is 8.40. The fourth-order valence-electron chi connectivity index (χ4n) is 2.82. The fraction of sp³-hybridized carbons (Fsp3) is 0.389. The standard InChI is InChI=1S/C18H20ClNOS2/c19-15-4-1-3-14(13-15)6-7-18(21)20-9-8-17(23-12-10-20)16-5-2-11-22-16/h1-5,11,13,17H,6-10,12H2. The molecule has 1 aromatic heterocycles. The van der Waals surface area contributed by atoms with Gasteiger partial charge in [-0.1, -0.05) is 29.8 Å². The van der Waals surface area contributed by atoms with Crippen LogP contribution in [0.5, 0.6) is 0 Å². The summed E-state index contributed by atoms with van der Waals surface area (Å²) in [6.07, 6.45) is 2.38. The highest BCUT2D eigenvalue weighted by atomic mass is 35.5. The van der Waals surface area contributed by atoms with Crippen molar-refractivity contribution in [3.63, 3.8) is 0 Å². The summed E-state index contributed by atoms with van der Waals surface area (Å²) in [5.74, 6) is 1.28. The average Bonchev–Trinajstić information content (AvgIpc) is 2.97. The van der Waals surface area contributed by atoms with Crippen molar-refractivity contribution in [2.24, 2.45) is 0 Å².